The zero-order valence-corrected chi connectivity index (χ0v) is 7.41. The first-order valence-electron chi connectivity index (χ1n) is 3.64. The standard InChI is InChI=1S/C9H3ClF3O/c10-8-2-6(9(11,12)13)1-5-3-14-4-7(5)8/h1-3H. The summed E-state index contributed by atoms with van der Waals surface area (Å²) in [6, 6.07) is 1.83. The van der Waals surface area contributed by atoms with E-state index in [1.807, 2.05) is 0 Å². The minimum absolute atomic E-state index is 0.0106. The van der Waals surface area contributed by atoms with Crippen molar-refractivity contribution in [2.45, 2.75) is 6.18 Å². The maximum atomic E-state index is 12.3. The second kappa shape index (κ2) is 2.92. The zero-order valence-electron chi connectivity index (χ0n) is 6.65. The van der Waals surface area contributed by atoms with Gasteiger partial charge in [-0.1, -0.05) is 11.6 Å². The van der Waals surface area contributed by atoms with Crippen molar-refractivity contribution in [1.82, 2.24) is 0 Å². The highest BCUT2D eigenvalue weighted by atomic mass is 35.5. The van der Waals surface area contributed by atoms with Crippen molar-refractivity contribution in [3.63, 3.8) is 0 Å². The third-order valence-corrected chi connectivity index (χ3v) is 2.09. The first kappa shape index (κ1) is 9.40. The van der Waals surface area contributed by atoms with Gasteiger partial charge in [0, 0.05) is 5.39 Å². The molecular weight excluding hydrogens is 217 g/mol. The van der Waals surface area contributed by atoms with E-state index in [0.717, 1.165) is 12.1 Å². The predicted molar refractivity (Wildman–Crippen MR) is 45.1 cm³/mol. The van der Waals surface area contributed by atoms with Crippen LogP contribution in [-0.4, -0.2) is 0 Å². The van der Waals surface area contributed by atoms with Crippen LogP contribution in [0.1, 0.15) is 5.56 Å². The van der Waals surface area contributed by atoms with Crippen LogP contribution in [0.5, 0.6) is 0 Å². The second-order valence-electron chi connectivity index (χ2n) is 2.76. The number of furan rings is 1. The summed E-state index contributed by atoms with van der Waals surface area (Å²) < 4.78 is 41.5. The fourth-order valence-electron chi connectivity index (χ4n) is 1.14. The average Bonchev–Trinajstić information content (AvgIpc) is 2.50. The molecule has 0 unspecified atom stereocenters. The van der Waals surface area contributed by atoms with E-state index < -0.39 is 11.7 Å². The lowest BCUT2D eigenvalue weighted by molar-refractivity contribution is -0.137. The van der Waals surface area contributed by atoms with Gasteiger partial charge in [-0.05, 0) is 12.1 Å². The molecule has 0 amide bonds. The van der Waals surface area contributed by atoms with Gasteiger partial charge in [0.05, 0.1) is 22.2 Å². The van der Waals surface area contributed by atoms with Crippen molar-refractivity contribution >= 4 is 22.4 Å². The molecule has 5 heteroatoms. The Kier molecular flexibility index (Phi) is 1.96. The Bertz CT molecular complexity index is 472. The molecule has 0 N–H and O–H groups in total. The average molecular weight is 220 g/mol. The molecule has 1 radical (unpaired) electrons. The molecule has 0 atom stereocenters. The van der Waals surface area contributed by atoms with E-state index in [9.17, 15) is 13.2 Å². The Morgan fingerprint density at radius 2 is 2.00 bits per heavy atom. The zero-order chi connectivity index (χ0) is 10.3. The lowest BCUT2D eigenvalue weighted by atomic mass is 10.1. The molecule has 0 spiro atoms. The van der Waals surface area contributed by atoms with E-state index in [2.05, 4.69) is 10.7 Å². The summed E-state index contributed by atoms with van der Waals surface area (Å²) in [6.45, 7) is 0. The smallest absolute Gasteiger partial charge is 0.416 e. The lowest BCUT2D eigenvalue weighted by Crippen LogP contribution is -2.04. The van der Waals surface area contributed by atoms with Crippen molar-refractivity contribution in [2.75, 3.05) is 0 Å². The number of halogens is 4. The molecule has 1 heterocycles. The summed E-state index contributed by atoms with van der Waals surface area (Å²) in [5.74, 6) is 0. The van der Waals surface area contributed by atoms with Crippen LogP contribution in [-0.2, 0) is 6.18 Å². The summed E-state index contributed by atoms with van der Waals surface area (Å²) in [7, 11) is 0. The van der Waals surface area contributed by atoms with Gasteiger partial charge in [-0.25, -0.2) is 0 Å². The molecule has 0 aliphatic heterocycles. The quantitative estimate of drug-likeness (QED) is 0.655. The van der Waals surface area contributed by atoms with Crippen LogP contribution in [0.25, 0.3) is 10.8 Å². The van der Waals surface area contributed by atoms with Crippen LogP contribution < -0.4 is 0 Å². The molecule has 14 heavy (non-hydrogen) atoms. The molecular formula is C9H3ClF3O. The molecule has 2 aromatic rings. The van der Waals surface area contributed by atoms with Gasteiger partial charge in [-0.2, -0.15) is 13.2 Å². The van der Waals surface area contributed by atoms with Crippen LogP contribution in [0.3, 0.4) is 0 Å². The minimum atomic E-state index is -4.39. The van der Waals surface area contributed by atoms with Crippen LogP contribution in [0.4, 0.5) is 13.2 Å². The van der Waals surface area contributed by atoms with Crippen molar-refractivity contribution in [1.29, 1.82) is 0 Å². The molecule has 0 bridgehead atoms. The summed E-state index contributed by atoms with van der Waals surface area (Å²) in [4.78, 5) is 0. The normalized spacial score (nSPS) is 12.3. The van der Waals surface area contributed by atoms with E-state index in [1.54, 1.807) is 0 Å². The maximum Gasteiger partial charge on any atom is 0.416 e. The Balaban J connectivity index is 2.70. The summed E-state index contributed by atoms with van der Waals surface area (Å²) >= 11 is 5.62. The van der Waals surface area contributed by atoms with Gasteiger partial charge in [-0.15, -0.1) is 0 Å². The largest absolute Gasteiger partial charge is 0.460 e. The molecule has 0 aliphatic carbocycles. The Morgan fingerprint density at radius 3 is 2.64 bits per heavy atom. The summed E-state index contributed by atoms with van der Waals surface area (Å²) in [5.41, 5.74) is -0.787. The van der Waals surface area contributed by atoms with Gasteiger partial charge in [0.1, 0.15) is 0 Å². The number of rotatable bonds is 0. The number of hydrogen-bond donors (Lipinski definition) is 0. The van der Waals surface area contributed by atoms with E-state index in [4.69, 9.17) is 11.6 Å². The van der Waals surface area contributed by atoms with Gasteiger partial charge < -0.3 is 4.42 Å². The van der Waals surface area contributed by atoms with Gasteiger partial charge in [-0.3, -0.25) is 0 Å². The van der Waals surface area contributed by atoms with Gasteiger partial charge in [0.25, 0.3) is 0 Å². The molecule has 2 rings (SSSR count). The highest BCUT2D eigenvalue weighted by molar-refractivity contribution is 6.35. The summed E-state index contributed by atoms with van der Waals surface area (Å²) in [5, 5.41) is 0.646. The molecule has 0 fully saturated rings. The second-order valence-corrected chi connectivity index (χ2v) is 3.17. The third kappa shape index (κ3) is 1.46. The van der Waals surface area contributed by atoms with Crippen molar-refractivity contribution in [3.8, 4) is 0 Å². The molecule has 1 aromatic heterocycles. The lowest BCUT2D eigenvalue weighted by Gasteiger charge is -2.06. The van der Waals surface area contributed by atoms with Crippen LogP contribution in [0.2, 0.25) is 5.02 Å². The predicted octanol–water partition coefficient (Wildman–Crippen LogP) is 3.91. The summed E-state index contributed by atoms with van der Waals surface area (Å²) in [6.07, 6.45) is -0.825. The van der Waals surface area contributed by atoms with Crippen LogP contribution in [0, 0.1) is 6.26 Å². The van der Waals surface area contributed by atoms with Crippen LogP contribution >= 0.6 is 11.6 Å². The Labute approximate surface area is 82.1 Å². The van der Waals surface area contributed by atoms with Gasteiger partial charge >= 0.3 is 6.18 Å². The Morgan fingerprint density at radius 1 is 1.29 bits per heavy atom. The highest BCUT2D eigenvalue weighted by Gasteiger charge is 2.31. The first-order valence-corrected chi connectivity index (χ1v) is 4.02. The van der Waals surface area contributed by atoms with Gasteiger partial charge in [0.2, 0.25) is 0 Å². The topological polar surface area (TPSA) is 13.1 Å². The maximum absolute atomic E-state index is 12.3. The number of alkyl halides is 3. The van der Waals surface area contributed by atoms with Crippen molar-refractivity contribution in [2.24, 2.45) is 0 Å². The molecule has 0 saturated heterocycles. The fourth-order valence-corrected chi connectivity index (χ4v) is 1.41. The Hall–Kier alpha value is -1.16. The minimum Gasteiger partial charge on any atom is -0.460 e. The number of hydrogen-bond acceptors (Lipinski definition) is 1. The van der Waals surface area contributed by atoms with Crippen molar-refractivity contribution < 1.29 is 17.6 Å². The fraction of sp³-hybridized carbons (Fsp3) is 0.111. The molecule has 1 aromatic carbocycles. The SMILES string of the molecule is FC(F)(F)c1cc(Cl)c2[c]occ2c1. The van der Waals surface area contributed by atoms with E-state index in [0.29, 0.717) is 10.8 Å². The van der Waals surface area contributed by atoms with Gasteiger partial charge in [0.15, 0.2) is 6.26 Å². The third-order valence-electron chi connectivity index (χ3n) is 1.79. The molecule has 1 nitrogen and oxygen atoms in total. The molecule has 0 saturated carbocycles. The van der Waals surface area contributed by atoms with E-state index in [1.165, 1.54) is 6.26 Å². The monoisotopic (exact) mass is 219 g/mol. The number of fused-ring (bicyclic) bond motifs is 1. The van der Waals surface area contributed by atoms with Crippen LogP contribution in [0.15, 0.2) is 22.8 Å². The number of benzene rings is 1. The van der Waals surface area contributed by atoms with E-state index in [-0.39, 0.29) is 5.02 Å². The first-order chi connectivity index (χ1) is 6.48. The molecule has 73 valence electrons. The van der Waals surface area contributed by atoms with Crippen molar-refractivity contribution in [3.05, 3.63) is 35.2 Å². The van der Waals surface area contributed by atoms with E-state index >= 15 is 0 Å². The molecule has 0 aliphatic rings. The highest BCUT2D eigenvalue weighted by Crippen LogP contribution is 2.35.